The van der Waals surface area contributed by atoms with Crippen molar-refractivity contribution in [2.24, 2.45) is 0 Å². The van der Waals surface area contributed by atoms with Gasteiger partial charge in [0.05, 0.1) is 19.3 Å². The molecule has 0 radical (unpaired) electrons. The van der Waals surface area contributed by atoms with Crippen LogP contribution in [0.15, 0.2) is 0 Å². The van der Waals surface area contributed by atoms with Crippen LogP contribution in [0.2, 0.25) is 0 Å². The summed E-state index contributed by atoms with van der Waals surface area (Å²) < 4.78 is 4.57. The standard InChI is InChI=1S/C10H21NO3/c1-5-11(8-9(12)14-4)7-6-10(2,3)13/h13H,5-8H2,1-4H3. The lowest BCUT2D eigenvalue weighted by Crippen LogP contribution is -2.35. The number of ether oxygens (including phenoxy) is 1. The number of likely N-dealkylation sites (N-methyl/N-ethyl adjacent to an activating group) is 1. The maximum atomic E-state index is 11.0. The molecular weight excluding hydrogens is 182 g/mol. The molecule has 0 aliphatic heterocycles. The topological polar surface area (TPSA) is 49.8 Å². The van der Waals surface area contributed by atoms with Crippen LogP contribution in [-0.4, -0.2) is 48.3 Å². The van der Waals surface area contributed by atoms with Crippen LogP contribution in [-0.2, 0) is 9.53 Å². The van der Waals surface area contributed by atoms with Gasteiger partial charge in [0.2, 0.25) is 0 Å². The van der Waals surface area contributed by atoms with Crippen molar-refractivity contribution in [3.8, 4) is 0 Å². The molecule has 0 saturated carbocycles. The zero-order valence-corrected chi connectivity index (χ0v) is 9.54. The van der Waals surface area contributed by atoms with Crippen molar-refractivity contribution >= 4 is 5.97 Å². The summed E-state index contributed by atoms with van der Waals surface area (Å²) in [5.41, 5.74) is -0.677. The molecule has 84 valence electrons. The van der Waals surface area contributed by atoms with Gasteiger partial charge in [-0.15, -0.1) is 0 Å². The van der Waals surface area contributed by atoms with Gasteiger partial charge in [-0.1, -0.05) is 6.92 Å². The Kier molecular flexibility index (Phi) is 5.72. The van der Waals surface area contributed by atoms with Crippen LogP contribution in [0, 0.1) is 0 Å². The first kappa shape index (κ1) is 13.4. The molecule has 0 bridgehead atoms. The minimum atomic E-state index is -0.677. The van der Waals surface area contributed by atoms with Gasteiger partial charge in [0.1, 0.15) is 0 Å². The van der Waals surface area contributed by atoms with E-state index in [1.165, 1.54) is 7.11 Å². The Bertz CT molecular complexity index is 175. The first-order valence-corrected chi connectivity index (χ1v) is 4.90. The van der Waals surface area contributed by atoms with E-state index in [2.05, 4.69) is 4.74 Å². The predicted octanol–water partition coefficient (Wildman–Crippen LogP) is 0.642. The smallest absolute Gasteiger partial charge is 0.319 e. The highest BCUT2D eigenvalue weighted by molar-refractivity contribution is 5.71. The normalized spacial score (nSPS) is 11.9. The Morgan fingerprint density at radius 2 is 2.07 bits per heavy atom. The molecule has 0 aliphatic rings. The van der Waals surface area contributed by atoms with E-state index in [9.17, 15) is 9.90 Å². The number of nitrogens with zero attached hydrogens (tertiary/aromatic N) is 1. The van der Waals surface area contributed by atoms with Crippen molar-refractivity contribution in [2.45, 2.75) is 32.8 Å². The maximum Gasteiger partial charge on any atom is 0.319 e. The van der Waals surface area contributed by atoms with Gasteiger partial charge in [-0.05, 0) is 26.8 Å². The maximum absolute atomic E-state index is 11.0. The van der Waals surface area contributed by atoms with E-state index in [1.54, 1.807) is 13.8 Å². The zero-order chi connectivity index (χ0) is 11.2. The SMILES string of the molecule is CCN(CCC(C)(C)O)CC(=O)OC. The second-order valence-electron chi connectivity index (χ2n) is 4.01. The van der Waals surface area contributed by atoms with Gasteiger partial charge in [0.15, 0.2) is 0 Å². The molecule has 0 aromatic rings. The number of methoxy groups -OCH3 is 1. The van der Waals surface area contributed by atoms with Crippen LogP contribution >= 0.6 is 0 Å². The van der Waals surface area contributed by atoms with Crippen molar-refractivity contribution in [1.82, 2.24) is 4.90 Å². The molecule has 0 saturated heterocycles. The van der Waals surface area contributed by atoms with Gasteiger partial charge >= 0.3 is 5.97 Å². The van der Waals surface area contributed by atoms with Crippen LogP contribution in [0.25, 0.3) is 0 Å². The zero-order valence-electron chi connectivity index (χ0n) is 9.54. The lowest BCUT2D eigenvalue weighted by Gasteiger charge is -2.23. The first-order valence-electron chi connectivity index (χ1n) is 4.90. The summed E-state index contributed by atoms with van der Waals surface area (Å²) in [6, 6.07) is 0. The second kappa shape index (κ2) is 5.98. The van der Waals surface area contributed by atoms with Crippen molar-refractivity contribution in [1.29, 1.82) is 0 Å². The molecular formula is C10H21NO3. The van der Waals surface area contributed by atoms with Crippen molar-refractivity contribution in [3.63, 3.8) is 0 Å². The molecule has 0 rings (SSSR count). The molecule has 0 aliphatic carbocycles. The molecule has 14 heavy (non-hydrogen) atoms. The summed E-state index contributed by atoms with van der Waals surface area (Å²) in [5, 5.41) is 9.51. The highest BCUT2D eigenvalue weighted by atomic mass is 16.5. The molecule has 0 spiro atoms. The molecule has 0 unspecified atom stereocenters. The van der Waals surface area contributed by atoms with Crippen molar-refractivity contribution in [3.05, 3.63) is 0 Å². The molecule has 1 N–H and O–H groups in total. The van der Waals surface area contributed by atoms with Crippen LogP contribution in [0.1, 0.15) is 27.2 Å². The number of aliphatic hydroxyl groups is 1. The third kappa shape index (κ3) is 6.86. The average molecular weight is 203 g/mol. The molecule has 4 heteroatoms. The summed E-state index contributed by atoms with van der Waals surface area (Å²) in [5.74, 6) is -0.234. The van der Waals surface area contributed by atoms with E-state index in [0.717, 1.165) is 6.54 Å². The van der Waals surface area contributed by atoms with Gasteiger partial charge in [-0.25, -0.2) is 0 Å². The molecule has 0 atom stereocenters. The predicted molar refractivity (Wildman–Crippen MR) is 55.0 cm³/mol. The number of esters is 1. The lowest BCUT2D eigenvalue weighted by atomic mass is 10.1. The third-order valence-electron chi connectivity index (χ3n) is 2.07. The second-order valence-corrected chi connectivity index (χ2v) is 4.01. The largest absolute Gasteiger partial charge is 0.468 e. The molecule has 0 aromatic carbocycles. The van der Waals surface area contributed by atoms with Crippen molar-refractivity contribution in [2.75, 3.05) is 26.7 Å². The fourth-order valence-electron chi connectivity index (χ4n) is 1.03. The fraction of sp³-hybridized carbons (Fsp3) is 0.900. The molecule has 0 aromatic heterocycles. The molecule has 4 nitrogen and oxygen atoms in total. The van der Waals surface area contributed by atoms with Gasteiger partial charge in [0.25, 0.3) is 0 Å². The van der Waals surface area contributed by atoms with Gasteiger partial charge in [-0.2, -0.15) is 0 Å². The summed E-state index contributed by atoms with van der Waals surface area (Å²) in [6.07, 6.45) is 0.651. The van der Waals surface area contributed by atoms with Crippen LogP contribution < -0.4 is 0 Å². The minimum absolute atomic E-state index is 0.234. The first-order chi connectivity index (χ1) is 6.39. The Hall–Kier alpha value is -0.610. The van der Waals surface area contributed by atoms with Crippen LogP contribution in [0.4, 0.5) is 0 Å². The highest BCUT2D eigenvalue weighted by Crippen LogP contribution is 2.08. The number of carbonyl (C=O) groups excluding carboxylic acids is 1. The molecule has 0 fully saturated rings. The van der Waals surface area contributed by atoms with E-state index in [-0.39, 0.29) is 5.97 Å². The Balaban J connectivity index is 3.86. The van der Waals surface area contributed by atoms with E-state index >= 15 is 0 Å². The Morgan fingerprint density at radius 3 is 2.43 bits per heavy atom. The number of carbonyl (C=O) groups is 1. The van der Waals surface area contributed by atoms with Gasteiger partial charge < -0.3 is 9.84 Å². The monoisotopic (exact) mass is 203 g/mol. The van der Waals surface area contributed by atoms with Gasteiger partial charge in [0, 0.05) is 6.54 Å². The average Bonchev–Trinajstić information content (AvgIpc) is 2.10. The van der Waals surface area contributed by atoms with Gasteiger partial charge in [-0.3, -0.25) is 9.69 Å². The number of hydrogen-bond donors (Lipinski definition) is 1. The number of hydrogen-bond acceptors (Lipinski definition) is 4. The summed E-state index contributed by atoms with van der Waals surface area (Å²) in [6.45, 7) is 7.29. The molecule has 0 amide bonds. The quantitative estimate of drug-likeness (QED) is 0.644. The van der Waals surface area contributed by atoms with Crippen molar-refractivity contribution < 1.29 is 14.6 Å². The van der Waals surface area contributed by atoms with Crippen LogP contribution in [0.3, 0.4) is 0 Å². The highest BCUT2D eigenvalue weighted by Gasteiger charge is 2.15. The lowest BCUT2D eigenvalue weighted by molar-refractivity contribution is -0.142. The van der Waals surface area contributed by atoms with E-state index in [0.29, 0.717) is 19.5 Å². The number of rotatable bonds is 6. The summed E-state index contributed by atoms with van der Waals surface area (Å²) in [7, 11) is 1.38. The van der Waals surface area contributed by atoms with E-state index in [1.807, 2.05) is 11.8 Å². The summed E-state index contributed by atoms with van der Waals surface area (Å²) >= 11 is 0. The van der Waals surface area contributed by atoms with E-state index in [4.69, 9.17) is 0 Å². The Morgan fingerprint density at radius 1 is 1.50 bits per heavy atom. The van der Waals surface area contributed by atoms with Crippen LogP contribution in [0.5, 0.6) is 0 Å². The summed E-state index contributed by atoms with van der Waals surface area (Å²) in [4.78, 5) is 12.9. The van der Waals surface area contributed by atoms with E-state index < -0.39 is 5.60 Å². The molecule has 0 heterocycles. The fourth-order valence-corrected chi connectivity index (χ4v) is 1.03. The Labute approximate surface area is 85.9 Å². The third-order valence-corrected chi connectivity index (χ3v) is 2.07. The minimum Gasteiger partial charge on any atom is -0.468 e.